The molecule has 6 rings (SSSR count). The number of aromatic hydroxyl groups is 4. The number of phenolic OH excluding ortho intramolecular Hbond substituents is 4. The molecule has 0 aliphatic carbocycles. The monoisotopic (exact) mass is 754 g/mol. The molecule has 1 aromatic heterocycles. The molecule has 2 fully saturated rings. The second kappa shape index (κ2) is 15.6. The van der Waals surface area contributed by atoms with Crippen molar-refractivity contribution in [3.8, 4) is 40.1 Å². The van der Waals surface area contributed by atoms with Crippen molar-refractivity contribution in [1.29, 1.82) is 0 Å². The molecule has 54 heavy (non-hydrogen) atoms. The van der Waals surface area contributed by atoms with Gasteiger partial charge < -0.3 is 74.1 Å². The molecular formula is C37H38O17. The number of hydrogen-bond donors (Lipinski definition) is 9. The Morgan fingerprint density at radius 2 is 1.57 bits per heavy atom. The number of fused-ring (bicyclic) bond motifs is 1. The SMILES string of the molecule is Cc1cccc(-c2oc3cc(O)cc(O)c3c(=O)c2OC2OC(C)C(O)C(O)C2OC2OC(COC(=O)/C=C/c3ccc(O)c(O)c3)C(O)C(O)C2O)c1. The van der Waals surface area contributed by atoms with Gasteiger partial charge in [-0.05, 0) is 43.7 Å². The number of carbonyl (C=O) groups excluding carboxylic acids is 1. The van der Waals surface area contributed by atoms with Gasteiger partial charge in [0.1, 0.15) is 65.7 Å². The summed E-state index contributed by atoms with van der Waals surface area (Å²) in [5.74, 6) is -3.42. The van der Waals surface area contributed by atoms with Crippen LogP contribution in [0.25, 0.3) is 28.4 Å². The van der Waals surface area contributed by atoms with Crippen molar-refractivity contribution in [3.63, 3.8) is 0 Å². The third kappa shape index (κ3) is 7.84. The molecule has 0 spiro atoms. The molecule has 4 aromatic rings. The Morgan fingerprint density at radius 1 is 0.815 bits per heavy atom. The Kier molecular flexibility index (Phi) is 11.1. The van der Waals surface area contributed by atoms with Crippen molar-refractivity contribution in [2.45, 2.75) is 75.3 Å². The second-order valence-corrected chi connectivity index (χ2v) is 12.9. The predicted octanol–water partition coefficient (Wildman–Crippen LogP) is 0.886. The Bertz CT molecular complexity index is 2100. The van der Waals surface area contributed by atoms with E-state index >= 15 is 0 Å². The largest absolute Gasteiger partial charge is 0.508 e. The number of rotatable bonds is 9. The molecular weight excluding hydrogens is 716 g/mol. The Hall–Kier alpha value is -5.24. The van der Waals surface area contributed by atoms with Gasteiger partial charge >= 0.3 is 5.97 Å². The number of benzene rings is 3. The number of aliphatic hydroxyl groups excluding tert-OH is 5. The number of aliphatic hydroxyl groups is 5. The van der Waals surface area contributed by atoms with E-state index in [4.69, 9.17) is 28.1 Å². The van der Waals surface area contributed by atoms with Crippen LogP contribution in [0, 0.1) is 6.92 Å². The fraction of sp³-hybridized carbons (Fsp3) is 0.351. The van der Waals surface area contributed by atoms with E-state index in [1.165, 1.54) is 31.2 Å². The van der Waals surface area contributed by atoms with Crippen molar-refractivity contribution < 1.29 is 78.9 Å². The fourth-order valence-corrected chi connectivity index (χ4v) is 6.05. The van der Waals surface area contributed by atoms with Crippen molar-refractivity contribution in [3.05, 3.63) is 82.0 Å². The maximum absolute atomic E-state index is 14.0. The highest BCUT2D eigenvalue weighted by molar-refractivity contribution is 5.88. The average Bonchev–Trinajstić information content (AvgIpc) is 3.12. The van der Waals surface area contributed by atoms with Gasteiger partial charge in [-0.25, -0.2) is 4.79 Å². The zero-order chi connectivity index (χ0) is 39.0. The molecule has 288 valence electrons. The normalized spacial score (nSPS) is 28.6. The highest BCUT2D eigenvalue weighted by atomic mass is 16.8. The predicted molar refractivity (Wildman–Crippen MR) is 184 cm³/mol. The van der Waals surface area contributed by atoms with E-state index in [0.717, 1.165) is 23.8 Å². The average molecular weight is 755 g/mol. The summed E-state index contributed by atoms with van der Waals surface area (Å²) in [7, 11) is 0. The summed E-state index contributed by atoms with van der Waals surface area (Å²) in [5.41, 5.74) is 0.348. The molecule has 3 heterocycles. The van der Waals surface area contributed by atoms with Crippen LogP contribution in [0.4, 0.5) is 0 Å². The smallest absolute Gasteiger partial charge is 0.330 e. The summed E-state index contributed by atoms with van der Waals surface area (Å²) in [5, 5.41) is 93.5. The summed E-state index contributed by atoms with van der Waals surface area (Å²) < 4.78 is 34.5. The summed E-state index contributed by atoms with van der Waals surface area (Å²) in [6.45, 7) is 2.51. The Labute approximate surface area is 305 Å². The molecule has 0 bridgehead atoms. The van der Waals surface area contributed by atoms with Gasteiger partial charge in [0, 0.05) is 23.8 Å². The lowest BCUT2D eigenvalue weighted by molar-refractivity contribution is -0.355. The zero-order valence-electron chi connectivity index (χ0n) is 28.6. The van der Waals surface area contributed by atoms with Gasteiger partial charge in [-0.1, -0.05) is 29.8 Å². The van der Waals surface area contributed by atoms with Gasteiger partial charge in [-0.15, -0.1) is 0 Å². The van der Waals surface area contributed by atoms with Crippen LogP contribution in [0.2, 0.25) is 0 Å². The lowest BCUT2D eigenvalue weighted by atomic mass is 9.97. The molecule has 0 saturated carbocycles. The van der Waals surface area contributed by atoms with E-state index in [2.05, 4.69) is 0 Å². The zero-order valence-corrected chi connectivity index (χ0v) is 28.6. The topological polar surface area (TPSA) is 275 Å². The first-order valence-corrected chi connectivity index (χ1v) is 16.6. The van der Waals surface area contributed by atoms with Crippen LogP contribution < -0.4 is 10.2 Å². The number of hydrogen-bond acceptors (Lipinski definition) is 17. The van der Waals surface area contributed by atoms with Crippen LogP contribution >= 0.6 is 0 Å². The van der Waals surface area contributed by atoms with Crippen LogP contribution in [0.1, 0.15) is 18.1 Å². The van der Waals surface area contributed by atoms with E-state index in [0.29, 0.717) is 11.1 Å². The first kappa shape index (κ1) is 38.5. The molecule has 10 atom stereocenters. The van der Waals surface area contributed by atoms with E-state index < -0.39 is 96.7 Å². The third-order valence-electron chi connectivity index (χ3n) is 8.98. The maximum Gasteiger partial charge on any atom is 0.330 e. The van der Waals surface area contributed by atoms with E-state index in [1.54, 1.807) is 31.2 Å². The highest BCUT2D eigenvalue weighted by Crippen LogP contribution is 2.38. The van der Waals surface area contributed by atoms with Gasteiger partial charge in [-0.3, -0.25) is 4.79 Å². The molecule has 9 N–H and O–H groups in total. The minimum Gasteiger partial charge on any atom is -0.508 e. The molecule has 2 aliphatic rings. The Balaban J connectivity index is 1.27. The van der Waals surface area contributed by atoms with Crippen LogP contribution in [-0.2, 0) is 23.7 Å². The van der Waals surface area contributed by atoms with Gasteiger partial charge in [-0.2, -0.15) is 0 Å². The molecule has 10 unspecified atom stereocenters. The molecule has 0 amide bonds. The highest BCUT2D eigenvalue weighted by Gasteiger charge is 2.51. The maximum atomic E-state index is 14.0. The summed E-state index contributed by atoms with van der Waals surface area (Å²) >= 11 is 0. The van der Waals surface area contributed by atoms with Crippen LogP contribution in [0.15, 0.2) is 69.9 Å². The first-order valence-electron chi connectivity index (χ1n) is 16.6. The van der Waals surface area contributed by atoms with Gasteiger partial charge in [0.2, 0.25) is 17.5 Å². The van der Waals surface area contributed by atoms with Crippen molar-refractivity contribution in [1.82, 2.24) is 0 Å². The number of aryl methyl sites for hydroxylation is 1. The first-order chi connectivity index (χ1) is 25.6. The lowest BCUT2D eigenvalue weighted by Gasteiger charge is -2.45. The molecule has 2 saturated heterocycles. The van der Waals surface area contributed by atoms with E-state index in [1.807, 2.05) is 0 Å². The molecule has 0 radical (unpaired) electrons. The van der Waals surface area contributed by atoms with Crippen molar-refractivity contribution in [2.24, 2.45) is 0 Å². The van der Waals surface area contributed by atoms with Crippen molar-refractivity contribution >= 4 is 23.0 Å². The van der Waals surface area contributed by atoms with Gasteiger partial charge in [0.25, 0.3) is 0 Å². The van der Waals surface area contributed by atoms with Gasteiger partial charge in [0.05, 0.1) is 6.10 Å². The number of esters is 1. The summed E-state index contributed by atoms with van der Waals surface area (Å²) in [4.78, 5) is 26.4. The number of carbonyl (C=O) groups is 1. The summed E-state index contributed by atoms with van der Waals surface area (Å²) in [6, 6.07) is 12.6. The molecule has 2 aliphatic heterocycles. The van der Waals surface area contributed by atoms with E-state index in [-0.39, 0.29) is 28.2 Å². The molecule has 3 aromatic carbocycles. The van der Waals surface area contributed by atoms with Crippen LogP contribution in [-0.4, -0.2) is 120 Å². The quantitative estimate of drug-likeness (QED) is 0.0652. The van der Waals surface area contributed by atoms with Crippen LogP contribution in [0.5, 0.6) is 28.7 Å². The lowest BCUT2D eigenvalue weighted by Crippen LogP contribution is -2.64. The van der Waals surface area contributed by atoms with Crippen molar-refractivity contribution in [2.75, 3.05) is 6.61 Å². The third-order valence-corrected chi connectivity index (χ3v) is 8.98. The second-order valence-electron chi connectivity index (χ2n) is 12.9. The van der Waals surface area contributed by atoms with E-state index in [9.17, 15) is 55.5 Å². The molecule has 17 heteroatoms. The number of phenols is 4. The summed E-state index contributed by atoms with van der Waals surface area (Å²) in [6.07, 6.45) is -15.0. The Morgan fingerprint density at radius 3 is 2.30 bits per heavy atom. The molecule has 17 nitrogen and oxygen atoms in total. The number of ether oxygens (including phenoxy) is 5. The minimum absolute atomic E-state index is 0.164. The van der Waals surface area contributed by atoms with Gasteiger partial charge in [0.15, 0.2) is 29.7 Å². The minimum atomic E-state index is -1.98. The fourth-order valence-electron chi connectivity index (χ4n) is 6.05. The standard InChI is InChI=1S/C37H38O17/c1-15-4-3-5-18(10-15)33-34(29(45)26-22(41)12-19(38)13-23(26)51-33)53-37-35(31(47)27(43)16(2)50-37)54-36-32(48)30(46)28(44)24(52-36)14-49-25(42)9-7-17-6-8-20(39)21(40)11-17/h3-13,16,24,27-28,30-32,35-41,43-44,46-48H,14H2,1-2H3/b9-7+. The van der Waals surface area contributed by atoms with Crippen LogP contribution in [0.3, 0.4) is 0 Å².